The summed E-state index contributed by atoms with van der Waals surface area (Å²) in [6, 6.07) is 4.48. The third-order valence-corrected chi connectivity index (χ3v) is 2.95. The maximum atomic E-state index is 13.1. The Bertz CT molecular complexity index is 465. The highest BCUT2D eigenvalue weighted by Gasteiger charge is 2.25. The molecular weight excluding hydrogens is 231 g/mol. The fourth-order valence-electron chi connectivity index (χ4n) is 2.02. The molecule has 0 unspecified atom stereocenters. The van der Waals surface area contributed by atoms with Gasteiger partial charge in [0.05, 0.1) is 0 Å². The average molecular weight is 250 g/mol. The molecule has 1 aromatic carbocycles. The fraction of sp³-hybridized carbons (Fsp3) is 0.500. The summed E-state index contributed by atoms with van der Waals surface area (Å²) in [5.41, 5.74) is 1.78. The van der Waals surface area contributed by atoms with Crippen molar-refractivity contribution in [2.75, 3.05) is 18.0 Å². The van der Waals surface area contributed by atoms with E-state index >= 15 is 0 Å². The Labute approximate surface area is 107 Å². The van der Waals surface area contributed by atoms with Crippen LogP contribution in [0.25, 0.3) is 0 Å². The van der Waals surface area contributed by atoms with Crippen molar-refractivity contribution in [1.29, 1.82) is 0 Å². The smallest absolute Gasteiger partial charge is 0.321 e. The molecule has 18 heavy (non-hydrogen) atoms. The summed E-state index contributed by atoms with van der Waals surface area (Å²) in [5, 5.41) is 2.91. The van der Waals surface area contributed by atoms with E-state index in [1.54, 1.807) is 11.0 Å². The molecule has 2 rings (SSSR count). The molecule has 98 valence electrons. The predicted octanol–water partition coefficient (Wildman–Crippen LogP) is 2.94. The van der Waals surface area contributed by atoms with Gasteiger partial charge in [-0.25, -0.2) is 9.18 Å². The molecule has 0 atom stereocenters. The third kappa shape index (κ3) is 2.81. The largest absolute Gasteiger partial charge is 0.337 e. The van der Waals surface area contributed by atoms with Crippen LogP contribution in [0.3, 0.4) is 0 Å². The number of anilines is 1. The Morgan fingerprint density at radius 3 is 2.83 bits per heavy atom. The molecule has 0 saturated heterocycles. The molecule has 4 heteroatoms. The van der Waals surface area contributed by atoms with E-state index in [0.717, 1.165) is 17.7 Å². The van der Waals surface area contributed by atoms with Gasteiger partial charge in [0, 0.05) is 18.8 Å². The quantitative estimate of drug-likeness (QED) is 0.816. The number of urea groups is 1. The molecule has 0 radical (unpaired) electrons. The van der Waals surface area contributed by atoms with Gasteiger partial charge >= 0.3 is 6.03 Å². The van der Waals surface area contributed by atoms with Crippen LogP contribution in [0.4, 0.5) is 14.9 Å². The van der Waals surface area contributed by atoms with Gasteiger partial charge in [-0.2, -0.15) is 0 Å². The van der Waals surface area contributed by atoms with Crippen LogP contribution in [0.2, 0.25) is 0 Å². The van der Waals surface area contributed by atoms with Gasteiger partial charge < -0.3 is 5.32 Å². The normalized spacial score (nSPS) is 14.6. The van der Waals surface area contributed by atoms with Crippen molar-refractivity contribution in [2.24, 2.45) is 5.41 Å². The number of hydrogen-bond acceptors (Lipinski definition) is 1. The lowest BCUT2D eigenvalue weighted by molar-refractivity contribution is 0.241. The van der Waals surface area contributed by atoms with Gasteiger partial charge in [0.25, 0.3) is 0 Å². The fourth-order valence-corrected chi connectivity index (χ4v) is 2.02. The number of halogens is 1. The Balaban J connectivity index is 2.07. The van der Waals surface area contributed by atoms with Crippen LogP contribution in [-0.4, -0.2) is 19.1 Å². The second-order valence-corrected chi connectivity index (χ2v) is 5.89. The van der Waals surface area contributed by atoms with Gasteiger partial charge in [0.15, 0.2) is 0 Å². The molecule has 1 aliphatic rings. The number of benzene rings is 1. The first-order chi connectivity index (χ1) is 8.37. The summed E-state index contributed by atoms with van der Waals surface area (Å²) < 4.78 is 13.1. The Morgan fingerprint density at radius 2 is 2.17 bits per heavy atom. The molecule has 1 heterocycles. The highest BCUT2D eigenvalue weighted by Crippen LogP contribution is 2.28. The lowest BCUT2D eigenvalue weighted by Crippen LogP contribution is -2.42. The average Bonchev–Trinajstić information content (AvgIpc) is 2.67. The number of amides is 2. The van der Waals surface area contributed by atoms with Gasteiger partial charge in [-0.15, -0.1) is 0 Å². The Morgan fingerprint density at radius 1 is 1.44 bits per heavy atom. The van der Waals surface area contributed by atoms with Crippen LogP contribution in [0.5, 0.6) is 0 Å². The number of rotatable bonds is 1. The van der Waals surface area contributed by atoms with E-state index < -0.39 is 0 Å². The van der Waals surface area contributed by atoms with Gasteiger partial charge in [-0.1, -0.05) is 20.8 Å². The van der Waals surface area contributed by atoms with E-state index in [1.807, 2.05) is 0 Å². The van der Waals surface area contributed by atoms with Crippen LogP contribution in [0.1, 0.15) is 26.3 Å². The number of fused-ring (bicyclic) bond motifs is 1. The predicted molar refractivity (Wildman–Crippen MR) is 70.3 cm³/mol. The zero-order valence-corrected chi connectivity index (χ0v) is 11.1. The zero-order chi connectivity index (χ0) is 13.3. The number of nitrogens with zero attached hydrogens (tertiary/aromatic N) is 1. The molecule has 0 spiro atoms. The lowest BCUT2D eigenvalue weighted by atomic mass is 9.97. The number of carbonyl (C=O) groups is 1. The second kappa shape index (κ2) is 4.59. The van der Waals surface area contributed by atoms with E-state index in [4.69, 9.17) is 0 Å². The van der Waals surface area contributed by atoms with Gasteiger partial charge in [0.2, 0.25) is 0 Å². The van der Waals surface area contributed by atoms with Crippen molar-refractivity contribution < 1.29 is 9.18 Å². The van der Waals surface area contributed by atoms with Gasteiger partial charge in [0.1, 0.15) is 5.82 Å². The minimum atomic E-state index is -0.245. The maximum Gasteiger partial charge on any atom is 0.321 e. The molecule has 0 aromatic heterocycles. The number of nitrogens with one attached hydrogen (secondary N) is 1. The molecule has 0 fully saturated rings. The third-order valence-electron chi connectivity index (χ3n) is 2.95. The zero-order valence-electron chi connectivity index (χ0n) is 11.1. The maximum absolute atomic E-state index is 13.1. The Kier molecular flexibility index (Phi) is 3.28. The van der Waals surface area contributed by atoms with Crippen molar-refractivity contribution in [3.63, 3.8) is 0 Å². The highest BCUT2D eigenvalue weighted by atomic mass is 19.1. The van der Waals surface area contributed by atoms with Crippen LogP contribution in [0.15, 0.2) is 18.2 Å². The lowest BCUT2D eigenvalue weighted by Gasteiger charge is -2.23. The molecule has 1 N–H and O–H groups in total. The summed E-state index contributed by atoms with van der Waals surface area (Å²) in [7, 11) is 0. The summed E-state index contributed by atoms with van der Waals surface area (Å²) in [6.07, 6.45) is 0.718. The minimum absolute atomic E-state index is 0.0566. The first-order valence-corrected chi connectivity index (χ1v) is 6.21. The van der Waals surface area contributed by atoms with Crippen molar-refractivity contribution in [3.05, 3.63) is 29.6 Å². The Hall–Kier alpha value is -1.58. The van der Waals surface area contributed by atoms with E-state index in [2.05, 4.69) is 26.1 Å². The molecular formula is C14H19FN2O. The number of hydrogen-bond donors (Lipinski definition) is 1. The van der Waals surface area contributed by atoms with Crippen LogP contribution >= 0.6 is 0 Å². The van der Waals surface area contributed by atoms with Gasteiger partial charge in [-0.3, -0.25) is 4.90 Å². The van der Waals surface area contributed by atoms with E-state index in [1.165, 1.54) is 12.1 Å². The van der Waals surface area contributed by atoms with Gasteiger partial charge in [-0.05, 0) is 35.6 Å². The standard InChI is InChI=1S/C14H19FN2O/c1-14(2,3)9-16-13(18)17-7-6-10-8-11(15)4-5-12(10)17/h4-5,8H,6-7,9H2,1-3H3,(H,16,18). The van der Waals surface area contributed by atoms with E-state index in [9.17, 15) is 9.18 Å². The first-order valence-electron chi connectivity index (χ1n) is 6.21. The highest BCUT2D eigenvalue weighted by molar-refractivity contribution is 5.94. The van der Waals surface area contributed by atoms with E-state index in [-0.39, 0.29) is 17.3 Å². The molecule has 3 nitrogen and oxygen atoms in total. The first kappa shape index (κ1) is 12.9. The SMILES string of the molecule is CC(C)(C)CNC(=O)N1CCc2cc(F)ccc21. The molecule has 1 aromatic rings. The van der Waals surface area contributed by atoms with Crippen LogP contribution < -0.4 is 10.2 Å². The van der Waals surface area contributed by atoms with Crippen LogP contribution in [-0.2, 0) is 6.42 Å². The molecule has 0 saturated carbocycles. The second-order valence-electron chi connectivity index (χ2n) is 5.89. The summed E-state index contributed by atoms with van der Waals surface area (Å²) in [6.45, 7) is 7.45. The van der Waals surface area contributed by atoms with Crippen molar-refractivity contribution in [1.82, 2.24) is 5.32 Å². The summed E-state index contributed by atoms with van der Waals surface area (Å²) in [4.78, 5) is 13.7. The monoisotopic (exact) mass is 250 g/mol. The molecule has 0 bridgehead atoms. The van der Waals surface area contributed by atoms with Crippen molar-refractivity contribution in [2.45, 2.75) is 27.2 Å². The summed E-state index contributed by atoms with van der Waals surface area (Å²) in [5.74, 6) is -0.245. The molecule has 0 aliphatic carbocycles. The number of carbonyl (C=O) groups excluding carboxylic acids is 1. The summed E-state index contributed by atoms with van der Waals surface area (Å²) >= 11 is 0. The topological polar surface area (TPSA) is 32.3 Å². The van der Waals surface area contributed by atoms with Crippen molar-refractivity contribution in [3.8, 4) is 0 Å². The minimum Gasteiger partial charge on any atom is -0.337 e. The van der Waals surface area contributed by atoms with Crippen LogP contribution in [0, 0.1) is 11.2 Å². The van der Waals surface area contributed by atoms with Crippen molar-refractivity contribution >= 4 is 11.7 Å². The molecule has 2 amide bonds. The van der Waals surface area contributed by atoms with E-state index in [0.29, 0.717) is 13.1 Å². The molecule has 1 aliphatic heterocycles.